The van der Waals surface area contributed by atoms with Gasteiger partial charge < -0.3 is 5.32 Å². The van der Waals surface area contributed by atoms with E-state index in [1.54, 1.807) is 30.6 Å². The predicted molar refractivity (Wildman–Crippen MR) is 93.3 cm³/mol. The number of hydrogen-bond acceptors (Lipinski definition) is 3. The van der Waals surface area contributed by atoms with Gasteiger partial charge in [0.15, 0.2) is 0 Å². The minimum absolute atomic E-state index is 0.265. The van der Waals surface area contributed by atoms with Gasteiger partial charge in [-0.1, -0.05) is 25.5 Å². The van der Waals surface area contributed by atoms with Crippen molar-refractivity contribution in [3.63, 3.8) is 0 Å². The summed E-state index contributed by atoms with van der Waals surface area (Å²) in [4.78, 5) is 29.8. The molecular formula is C19H19N3O2. The molecule has 1 aromatic carbocycles. The van der Waals surface area contributed by atoms with Crippen molar-refractivity contribution >= 4 is 23.7 Å². The van der Waals surface area contributed by atoms with E-state index >= 15 is 0 Å². The fraction of sp³-hybridized carbons (Fsp3) is 0.211. The Bertz CT molecular complexity index is 767. The first kappa shape index (κ1) is 15.9. The Balaban J connectivity index is 1.80. The molecule has 0 aliphatic carbocycles. The average Bonchev–Trinajstić information content (AvgIpc) is 2.88. The number of hydrogen-bond donors (Lipinski definition) is 1. The van der Waals surface area contributed by atoms with Crippen molar-refractivity contribution in [3.8, 4) is 0 Å². The Morgan fingerprint density at radius 3 is 2.46 bits per heavy atom. The van der Waals surface area contributed by atoms with E-state index < -0.39 is 6.03 Å². The fourth-order valence-corrected chi connectivity index (χ4v) is 2.59. The first-order valence-corrected chi connectivity index (χ1v) is 8.05. The second-order valence-electron chi connectivity index (χ2n) is 5.68. The smallest absolute Gasteiger partial charge is 0.302 e. The van der Waals surface area contributed by atoms with Crippen molar-refractivity contribution in [2.75, 3.05) is 4.90 Å². The normalized spacial score (nSPS) is 15.9. The van der Waals surface area contributed by atoms with Gasteiger partial charge in [0, 0.05) is 12.4 Å². The van der Waals surface area contributed by atoms with E-state index in [-0.39, 0.29) is 11.6 Å². The molecule has 1 saturated heterocycles. The van der Waals surface area contributed by atoms with Crippen molar-refractivity contribution in [1.29, 1.82) is 0 Å². The number of aryl methyl sites for hydroxylation is 1. The molecule has 1 fully saturated rings. The van der Waals surface area contributed by atoms with Crippen LogP contribution in [0.5, 0.6) is 0 Å². The maximum absolute atomic E-state index is 12.5. The van der Waals surface area contributed by atoms with Crippen LogP contribution in [-0.4, -0.2) is 16.9 Å². The van der Waals surface area contributed by atoms with Crippen LogP contribution in [0.4, 0.5) is 10.5 Å². The Labute approximate surface area is 141 Å². The summed E-state index contributed by atoms with van der Waals surface area (Å²) in [6.07, 6.45) is 8.20. The quantitative estimate of drug-likeness (QED) is 0.677. The number of nitrogens with zero attached hydrogens (tertiary/aromatic N) is 2. The third kappa shape index (κ3) is 3.35. The molecule has 2 heterocycles. The maximum Gasteiger partial charge on any atom is 0.333 e. The van der Waals surface area contributed by atoms with Crippen LogP contribution in [0, 0.1) is 0 Å². The van der Waals surface area contributed by atoms with Crippen LogP contribution in [0.2, 0.25) is 0 Å². The van der Waals surface area contributed by atoms with Gasteiger partial charge in [-0.15, -0.1) is 0 Å². The summed E-state index contributed by atoms with van der Waals surface area (Å²) in [6.45, 7) is 2.15. The zero-order valence-electron chi connectivity index (χ0n) is 13.5. The summed E-state index contributed by atoms with van der Waals surface area (Å²) in [7, 11) is 0. The van der Waals surface area contributed by atoms with Gasteiger partial charge in [-0.05, 0) is 54.3 Å². The van der Waals surface area contributed by atoms with Gasteiger partial charge in [0.2, 0.25) is 0 Å². The van der Waals surface area contributed by atoms with E-state index in [9.17, 15) is 9.59 Å². The molecule has 0 saturated carbocycles. The highest BCUT2D eigenvalue weighted by Gasteiger charge is 2.34. The Morgan fingerprint density at radius 1 is 1.08 bits per heavy atom. The highest BCUT2D eigenvalue weighted by Crippen LogP contribution is 2.23. The van der Waals surface area contributed by atoms with Crippen molar-refractivity contribution < 1.29 is 9.59 Å². The van der Waals surface area contributed by atoms with Crippen LogP contribution in [0.1, 0.15) is 30.9 Å². The Morgan fingerprint density at radius 2 is 1.79 bits per heavy atom. The number of imide groups is 1. The second-order valence-corrected chi connectivity index (χ2v) is 5.68. The molecule has 0 atom stereocenters. The highest BCUT2D eigenvalue weighted by atomic mass is 16.2. The fourth-order valence-electron chi connectivity index (χ4n) is 2.59. The molecule has 122 valence electrons. The molecule has 1 aromatic heterocycles. The molecule has 5 nitrogen and oxygen atoms in total. The SMILES string of the molecule is CCCCc1ccc(N2C(=O)NC(=Cc3ccncc3)C2=O)cc1. The standard InChI is InChI=1S/C19H19N3O2/c1-2-3-4-14-5-7-16(8-6-14)22-18(23)17(21-19(22)24)13-15-9-11-20-12-10-15/h5-13H,2-4H2,1H3,(H,21,24). The number of urea groups is 1. The Kier molecular flexibility index (Phi) is 4.70. The summed E-state index contributed by atoms with van der Waals surface area (Å²) >= 11 is 0. The summed E-state index contributed by atoms with van der Waals surface area (Å²) < 4.78 is 0. The van der Waals surface area contributed by atoms with Gasteiger partial charge in [0.05, 0.1) is 5.69 Å². The Hall–Kier alpha value is -2.95. The topological polar surface area (TPSA) is 62.3 Å². The van der Waals surface area contributed by atoms with Crippen molar-refractivity contribution in [3.05, 3.63) is 65.6 Å². The molecule has 3 rings (SSSR count). The van der Waals surface area contributed by atoms with Gasteiger partial charge >= 0.3 is 6.03 Å². The lowest BCUT2D eigenvalue weighted by atomic mass is 10.1. The molecule has 24 heavy (non-hydrogen) atoms. The molecule has 0 radical (unpaired) electrons. The number of pyridine rings is 1. The molecule has 0 spiro atoms. The van der Waals surface area contributed by atoms with Gasteiger partial charge in [0.1, 0.15) is 5.70 Å². The molecule has 5 heteroatoms. The highest BCUT2D eigenvalue weighted by molar-refractivity contribution is 6.28. The number of carbonyl (C=O) groups excluding carboxylic acids is 2. The van der Waals surface area contributed by atoms with E-state index in [0.29, 0.717) is 5.69 Å². The van der Waals surface area contributed by atoms with Gasteiger partial charge in [-0.25, -0.2) is 9.69 Å². The predicted octanol–water partition coefficient (Wildman–Crippen LogP) is 3.52. The molecule has 1 N–H and O–H groups in total. The van der Waals surface area contributed by atoms with E-state index in [0.717, 1.165) is 29.7 Å². The molecule has 0 unspecified atom stereocenters. The number of unbranched alkanes of at least 4 members (excludes halogenated alkanes) is 1. The van der Waals surface area contributed by atoms with Crippen LogP contribution in [-0.2, 0) is 11.2 Å². The first-order valence-electron chi connectivity index (χ1n) is 8.05. The van der Waals surface area contributed by atoms with Gasteiger partial charge in [-0.2, -0.15) is 0 Å². The maximum atomic E-state index is 12.5. The third-order valence-electron chi connectivity index (χ3n) is 3.91. The molecular weight excluding hydrogens is 302 g/mol. The van der Waals surface area contributed by atoms with Crippen LogP contribution in [0.25, 0.3) is 6.08 Å². The van der Waals surface area contributed by atoms with Gasteiger partial charge in [0.25, 0.3) is 5.91 Å². The van der Waals surface area contributed by atoms with Crippen LogP contribution in [0.3, 0.4) is 0 Å². The van der Waals surface area contributed by atoms with E-state index in [1.807, 2.05) is 24.3 Å². The summed E-state index contributed by atoms with van der Waals surface area (Å²) in [5, 5.41) is 2.63. The van der Waals surface area contributed by atoms with Crippen molar-refractivity contribution in [2.45, 2.75) is 26.2 Å². The van der Waals surface area contributed by atoms with Crippen LogP contribution in [0.15, 0.2) is 54.5 Å². The summed E-state index contributed by atoms with van der Waals surface area (Å²) in [6, 6.07) is 10.7. The molecule has 3 amide bonds. The first-order chi connectivity index (χ1) is 11.7. The van der Waals surface area contributed by atoms with Crippen molar-refractivity contribution in [2.24, 2.45) is 0 Å². The molecule has 2 aromatic rings. The van der Waals surface area contributed by atoms with Crippen molar-refractivity contribution in [1.82, 2.24) is 10.3 Å². The molecule has 1 aliphatic rings. The number of carbonyl (C=O) groups is 2. The molecule has 0 bridgehead atoms. The number of nitrogens with one attached hydrogen (secondary N) is 1. The van der Waals surface area contributed by atoms with E-state index in [4.69, 9.17) is 0 Å². The number of anilines is 1. The molecule has 1 aliphatic heterocycles. The van der Waals surface area contributed by atoms with E-state index in [1.165, 1.54) is 5.56 Å². The minimum Gasteiger partial charge on any atom is -0.302 e. The summed E-state index contributed by atoms with van der Waals surface area (Å²) in [5.74, 6) is -0.349. The van der Waals surface area contributed by atoms with E-state index in [2.05, 4.69) is 17.2 Å². The monoisotopic (exact) mass is 321 g/mol. The zero-order chi connectivity index (χ0) is 16.9. The summed E-state index contributed by atoms with van der Waals surface area (Å²) in [5.41, 5.74) is 2.86. The lowest BCUT2D eigenvalue weighted by Crippen LogP contribution is -2.30. The number of amides is 3. The van der Waals surface area contributed by atoms with Crippen LogP contribution >= 0.6 is 0 Å². The zero-order valence-corrected chi connectivity index (χ0v) is 13.5. The third-order valence-corrected chi connectivity index (χ3v) is 3.91. The van der Waals surface area contributed by atoms with Gasteiger partial charge in [-0.3, -0.25) is 9.78 Å². The average molecular weight is 321 g/mol. The number of benzene rings is 1. The van der Waals surface area contributed by atoms with Crippen LogP contribution < -0.4 is 10.2 Å². The lowest BCUT2D eigenvalue weighted by molar-refractivity contribution is -0.113. The number of aromatic nitrogens is 1. The number of rotatable bonds is 5. The lowest BCUT2D eigenvalue weighted by Gasteiger charge is -2.12. The second kappa shape index (κ2) is 7.08. The minimum atomic E-state index is -0.429. The largest absolute Gasteiger partial charge is 0.333 e.